The van der Waals surface area contributed by atoms with Gasteiger partial charge in [-0.2, -0.15) is 0 Å². The Labute approximate surface area is 138 Å². The number of piperidine rings is 1. The largest absolute Gasteiger partial charge is 0.491 e. The van der Waals surface area contributed by atoms with Crippen LogP contribution in [0.15, 0.2) is 24.3 Å². The molecule has 1 aromatic carbocycles. The van der Waals surface area contributed by atoms with E-state index < -0.39 is 0 Å². The summed E-state index contributed by atoms with van der Waals surface area (Å²) in [5, 5.41) is 0. The lowest BCUT2D eigenvalue weighted by Crippen LogP contribution is -2.43. The Balaban J connectivity index is 1.59. The van der Waals surface area contributed by atoms with Gasteiger partial charge in [0.05, 0.1) is 5.56 Å². The van der Waals surface area contributed by atoms with E-state index in [4.69, 9.17) is 10.5 Å². The number of nitrogens with two attached hydrogens (primary N) is 1. The van der Waals surface area contributed by atoms with E-state index in [1.54, 1.807) is 0 Å². The zero-order valence-corrected chi connectivity index (χ0v) is 13.7. The normalized spacial score (nSPS) is 20.0. The fourth-order valence-corrected chi connectivity index (χ4v) is 3.33. The Morgan fingerprint density at radius 3 is 2.57 bits per heavy atom. The monoisotopic (exact) mass is 317 g/mol. The van der Waals surface area contributed by atoms with Crippen molar-refractivity contribution >= 4 is 5.91 Å². The van der Waals surface area contributed by atoms with Crippen LogP contribution in [0.1, 0.15) is 36.0 Å². The first kappa shape index (κ1) is 16.3. The smallest absolute Gasteiger partial charge is 0.257 e. The van der Waals surface area contributed by atoms with Gasteiger partial charge in [0.2, 0.25) is 0 Å². The molecular weight excluding hydrogens is 290 g/mol. The number of nitrogens with zero attached hydrogens (tertiary/aromatic N) is 2. The summed E-state index contributed by atoms with van der Waals surface area (Å²) >= 11 is 0. The number of carbonyl (C=O) groups excluding carboxylic acids is 1. The molecule has 1 amide bonds. The molecule has 2 heterocycles. The standard InChI is InChI=1S/C18H27N3O2/c19-15-7-11-21(12-8-15)18(22)16-5-1-2-6-17(16)23-14-13-20-9-3-4-10-20/h1-2,5-6,15H,3-4,7-14,19H2. The second-order valence-corrected chi connectivity index (χ2v) is 6.52. The van der Waals surface area contributed by atoms with Crippen LogP contribution in [0.25, 0.3) is 0 Å². The van der Waals surface area contributed by atoms with Crippen molar-refractivity contribution in [1.29, 1.82) is 0 Å². The highest BCUT2D eigenvalue weighted by atomic mass is 16.5. The summed E-state index contributed by atoms with van der Waals surface area (Å²) in [6, 6.07) is 7.81. The third-order valence-corrected chi connectivity index (χ3v) is 4.81. The highest BCUT2D eigenvalue weighted by Crippen LogP contribution is 2.22. The van der Waals surface area contributed by atoms with Crippen molar-refractivity contribution in [3.63, 3.8) is 0 Å². The molecular formula is C18H27N3O2. The number of ether oxygens (including phenoxy) is 1. The molecule has 3 rings (SSSR count). The summed E-state index contributed by atoms with van der Waals surface area (Å²) in [5.41, 5.74) is 6.59. The molecule has 0 spiro atoms. The predicted octanol–water partition coefficient (Wildman–Crippen LogP) is 1.72. The molecule has 5 heteroatoms. The van der Waals surface area contributed by atoms with Gasteiger partial charge in [-0.3, -0.25) is 9.69 Å². The minimum Gasteiger partial charge on any atom is -0.491 e. The van der Waals surface area contributed by atoms with E-state index in [1.165, 1.54) is 12.8 Å². The Hall–Kier alpha value is -1.59. The Kier molecular flexibility index (Phi) is 5.51. The van der Waals surface area contributed by atoms with E-state index >= 15 is 0 Å². The van der Waals surface area contributed by atoms with E-state index in [0.717, 1.165) is 45.6 Å². The summed E-state index contributed by atoms with van der Waals surface area (Å²) in [7, 11) is 0. The number of likely N-dealkylation sites (tertiary alicyclic amines) is 2. The van der Waals surface area contributed by atoms with E-state index in [2.05, 4.69) is 4.90 Å². The fourth-order valence-electron chi connectivity index (χ4n) is 3.33. The van der Waals surface area contributed by atoms with Gasteiger partial charge in [0, 0.05) is 25.7 Å². The van der Waals surface area contributed by atoms with E-state index in [1.807, 2.05) is 29.2 Å². The first-order chi connectivity index (χ1) is 11.2. The van der Waals surface area contributed by atoms with Gasteiger partial charge in [-0.15, -0.1) is 0 Å². The molecule has 0 radical (unpaired) electrons. The zero-order valence-electron chi connectivity index (χ0n) is 13.7. The molecule has 2 saturated heterocycles. The van der Waals surface area contributed by atoms with E-state index in [9.17, 15) is 4.79 Å². The number of para-hydroxylation sites is 1. The first-order valence-corrected chi connectivity index (χ1v) is 8.73. The van der Waals surface area contributed by atoms with Crippen LogP contribution in [0, 0.1) is 0 Å². The number of benzene rings is 1. The van der Waals surface area contributed by atoms with Crippen molar-refractivity contribution in [2.24, 2.45) is 5.73 Å². The van der Waals surface area contributed by atoms with Crippen molar-refractivity contribution in [3.8, 4) is 5.75 Å². The van der Waals surface area contributed by atoms with Crippen LogP contribution < -0.4 is 10.5 Å². The maximum Gasteiger partial charge on any atom is 0.257 e. The quantitative estimate of drug-likeness (QED) is 0.898. The molecule has 0 bridgehead atoms. The number of hydrogen-bond donors (Lipinski definition) is 1. The minimum atomic E-state index is 0.0636. The zero-order chi connectivity index (χ0) is 16.1. The average Bonchev–Trinajstić information content (AvgIpc) is 3.09. The molecule has 1 aromatic rings. The molecule has 2 fully saturated rings. The van der Waals surface area contributed by atoms with Crippen molar-refractivity contribution in [2.75, 3.05) is 39.3 Å². The molecule has 0 aliphatic carbocycles. The molecule has 23 heavy (non-hydrogen) atoms. The van der Waals surface area contributed by atoms with Crippen LogP contribution in [0.3, 0.4) is 0 Å². The summed E-state index contributed by atoms with van der Waals surface area (Å²) in [4.78, 5) is 17.0. The number of hydrogen-bond acceptors (Lipinski definition) is 4. The van der Waals surface area contributed by atoms with Crippen molar-refractivity contribution in [1.82, 2.24) is 9.80 Å². The molecule has 2 aliphatic rings. The summed E-state index contributed by atoms with van der Waals surface area (Å²) in [6.07, 6.45) is 4.33. The number of carbonyl (C=O) groups is 1. The van der Waals surface area contributed by atoms with Crippen LogP contribution in [-0.2, 0) is 0 Å². The van der Waals surface area contributed by atoms with Gasteiger partial charge in [0.1, 0.15) is 12.4 Å². The maximum absolute atomic E-state index is 12.7. The Morgan fingerprint density at radius 2 is 1.83 bits per heavy atom. The van der Waals surface area contributed by atoms with Crippen LogP contribution >= 0.6 is 0 Å². The van der Waals surface area contributed by atoms with Gasteiger partial charge in [-0.1, -0.05) is 12.1 Å². The molecule has 0 aromatic heterocycles. The average molecular weight is 317 g/mol. The highest BCUT2D eigenvalue weighted by molar-refractivity contribution is 5.97. The van der Waals surface area contributed by atoms with Crippen molar-refractivity contribution < 1.29 is 9.53 Å². The van der Waals surface area contributed by atoms with Crippen LogP contribution in [-0.4, -0.2) is 61.1 Å². The maximum atomic E-state index is 12.7. The van der Waals surface area contributed by atoms with Crippen LogP contribution in [0.4, 0.5) is 0 Å². The second-order valence-electron chi connectivity index (χ2n) is 6.52. The summed E-state index contributed by atoms with van der Waals surface area (Å²) in [5.74, 6) is 0.764. The third-order valence-electron chi connectivity index (χ3n) is 4.81. The minimum absolute atomic E-state index is 0.0636. The summed E-state index contributed by atoms with van der Waals surface area (Å²) in [6.45, 7) is 5.37. The lowest BCUT2D eigenvalue weighted by molar-refractivity contribution is 0.0710. The molecule has 126 valence electrons. The highest BCUT2D eigenvalue weighted by Gasteiger charge is 2.23. The van der Waals surface area contributed by atoms with Gasteiger partial charge in [-0.25, -0.2) is 0 Å². The third kappa shape index (κ3) is 4.24. The van der Waals surface area contributed by atoms with Crippen molar-refractivity contribution in [2.45, 2.75) is 31.7 Å². The molecule has 0 atom stereocenters. The fraction of sp³-hybridized carbons (Fsp3) is 0.611. The van der Waals surface area contributed by atoms with Gasteiger partial charge in [0.25, 0.3) is 5.91 Å². The van der Waals surface area contributed by atoms with E-state index in [0.29, 0.717) is 17.9 Å². The van der Waals surface area contributed by atoms with E-state index in [-0.39, 0.29) is 11.9 Å². The second kappa shape index (κ2) is 7.79. The topological polar surface area (TPSA) is 58.8 Å². The molecule has 2 aliphatic heterocycles. The van der Waals surface area contributed by atoms with Crippen LogP contribution in [0.5, 0.6) is 5.75 Å². The van der Waals surface area contributed by atoms with Gasteiger partial charge < -0.3 is 15.4 Å². The Bertz CT molecular complexity index is 521. The summed E-state index contributed by atoms with van der Waals surface area (Å²) < 4.78 is 5.92. The molecule has 5 nitrogen and oxygen atoms in total. The number of amides is 1. The van der Waals surface area contributed by atoms with Gasteiger partial charge in [0.15, 0.2) is 0 Å². The van der Waals surface area contributed by atoms with Crippen LogP contribution in [0.2, 0.25) is 0 Å². The molecule has 0 saturated carbocycles. The lowest BCUT2D eigenvalue weighted by atomic mass is 10.0. The number of rotatable bonds is 5. The van der Waals surface area contributed by atoms with Crippen molar-refractivity contribution in [3.05, 3.63) is 29.8 Å². The van der Waals surface area contributed by atoms with Gasteiger partial charge in [-0.05, 0) is 50.9 Å². The SMILES string of the molecule is NC1CCN(C(=O)c2ccccc2OCCN2CCCC2)CC1. The molecule has 2 N–H and O–H groups in total. The first-order valence-electron chi connectivity index (χ1n) is 8.73. The molecule has 0 unspecified atom stereocenters. The van der Waals surface area contributed by atoms with Gasteiger partial charge >= 0.3 is 0 Å². The lowest BCUT2D eigenvalue weighted by Gasteiger charge is -2.30. The predicted molar refractivity (Wildman–Crippen MR) is 90.7 cm³/mol. The Morgan fingerprint density at radius 1 is 1.13 bits per heavy atom.